The quantitative estimate of drug-likeness (QED) is 0.800. The van der Waals surface area contributed by atoms with Gasteiger partial charge >= 0.3 is 0 Å². The topological polar surface area (TPSA) is 96.7 Å². The van der Waals surface area contributed by atoms with Crippen molar-refractivity contribution in [1.29, 1.82) is 0 Å². The molecule has 1 heterocycles. The van der Waals surface area contributed by atoms with E-state index < -0.39 is 0 Å². The standard InChI is InChI=1S/C16H19N5O.ClH/c17-8-13-19-15(21-20-13)9-4-6-10(7-5-9)18-16(22)14-11-2-1-3-12(11)14;/h4-7,11-12,14H,1-3,8,17H2,(H,18,22)(H,19,20,21);1H. The van der Waals surface area contributed by atoms with Crippen LogP contribution in [0.15, 0.2) is 24.3 Å². The normalized spacial score (nSPS) is 24.7. The molecule has 2 unspecified atom stereocenters. The van der Waals surface area contributed by atoms with Crippen LogP contribution in [0.3, 0.4) is 0 Å². The summed E-state index contributed by atoms with van der Waals surface area (Å²) < 4.78 is 0. The number of aromatic nitrogens is 3. The van der Waals surface area contributed by atoms with Crippen molar-refractivity contribution in [2.75, 3.05) is 5.32 Å². The number of carbonyl (C=O) groups is 1. The van der Waals surface area contributed by atoms with Gasteiger partial charge in [-0.3, -0.25) is 9.89 Å². The maximum absolute atomic E-state index is 12.2. The van der Waals surface area contributed by atoms with Crippen LogP contribution in [-0.2, 0) is 11.3 Å². The third kappa shape index (κ3) is 2.96. The van der Waals surface area contributed by atoms with E-state index in [2.05, 4.69) is 20.5 Å². The van der Waals surface area contributed by atoms with Crippen LogP contribution in [0.4, 0.5) is 5.69 Å². The zero-order chi connectivity index (χ0) is 15.1. The second-order valence-corrected chi connectivity index (χ2v) is 6.16. The summed E-state index contributed by atoms with van der Waals surface area (Å²) in [5, 5.41) is 9.93. The molecule has 4 N–H and O–H groups in total. The van der Waals surface area contributed by atoms with Crippen LogP contribution < -0.4 is 11.1 Å². The highest BCUT2D eigenvalue weighted by molar-refractivity contribution is 5.95. The van der Waals surface area contributed by atoms with Gasteiger partial charge in [0.1, 0.15) is 5.82 Å². The first kappa shape index (κ1) is 16.0. The van der Waals surface area contributed by atoms with Crippen molar-refractivity contribution >= 4 is 24.0 Å². The molecule has 2 aliphatic carbocycles. The molecule has 2 fully saturated rings. The average molecular weight is 334 g/mol. The molecule has 0 saturated heterocycles. The fraction of sp³-hybridized carbons (Fsp3) is 0.438. The highest BCUT2D eigenvalue weighted by atomic mass is 35.5. The molecule has 23 heavy (non-hydrogen) atoms. The van der Waals surface area contributed by atoms with Gasteiger partial charge in [0.2, 0.25) is 5.91 Å². The van der Waals surface area contributed by atoms with Crippen LogP contribution in [0.5, 0.6) is 0 Å². The molecular formula is C16H20ClN5O. The number of amides is 1. The number of hydrogen-bond donors (Lipinski definition) is 3. The van der Waals surface area contributed by atoms with E-state index in [9.17, 15) is 4.79 Å². The fourth-order valence-electron chi connectivity index (χ4n) is 3.65. The maximum atomic E-state index is 12.2. The predicted molar refractivity (Wildman–Crippen MR) is 89.9 cm³/mol. The number of carbonyl (C=O) groups excluding carboxylic acids is 1. The number of halogens is 1. The Bertz CT molecular complexity index is 689. The van der Waals surface area contributed by atoms with Crippen molar-refractivity contribution in [3.63, 3.8) is 0 Å². The lowest BCUT2D eigenvalue weighted by Crippen LogP contribution is -2.16. The van der Waals surface area contributed by atoms with Crippen molar-refractivity contribution in [2.24, 2.45) is 23.5 Å². The molecule has 6 nitrogen and oxygen atoms in total. The first-order valence-corrected chi connectivity index (χ1v) is 7.79. The molecular weight excluding hydrogens is 314 g/mol. The van der Waals surface area contributed by atoms with E-state index in [1.807, 2.05) is 24.3 Å². The molecule has 2 atom stereocenters. The Morgan fingerprint density at radius 3 is 2.57 bits per heavy atom. The number of hydrogen-bond acceptors (Lipinski definition) is 4. The summed E-state index contributed by atoms with van der Waals surface area (Å²) >= 11 is 0. The minimum atomic E-state index is 0. The van der Waals surface area contributed by atoms with Crippen LogP contribution in [0, 0.1) is 17.8 Å². The summed E-state index contributed by atoms with van der Waals surface area (Å²) in [6.07, 6.45) is 3.72. The smallest absolute Gasteiger partial charge is 0.228 e. The average Bonchev–Trinajstić information content (AvgIpc) is 2.94. The van der Waals surface area contributed by atoms with Gasteiger partial charge in [0, 0.05) is 17.2 Å². The van der Waals surface area contributed by atoms with E-state index in [0.717, 1.165) is 11.3 Å². The molecule has 2 saturated carbocycles. The van der Waals surface area contributed by atoms with Crippen LogP contribution >= 0.6 is 12.4 Å². The number of nitrogens with one attached hydrogen (secondary N) is 2. The van der Waals surface area contributed by atoms with Crippen molar-refractivity contribution in [2.45, 2.75) is 25.8 Å². The number of aromatic amines is 1. The number of benzene rings is 1. The van der Waals surface area contributed by atoms with Gasteiger partial charge in [0.15, 0.2) is 5.82 Å². The first-order valence-electron chi connectivity index (χ1n) is 7.79. The monoisotopic (exact) mass is 333 g/mol. The Morgan fingerprint density at radius 1 is 1.26 bits per heavy atom. The number of fused-ring (bicyclic) bond motifs is 1. The molecule has 4 rings (SSSR count). The first-order chi connectivity index (χ1) is 10.8. The zero-order valence-corrected chi connectivity index (χ0v) is 13.5. The van der Waals surface area contributed by atoms with Gasteiger partial charge in [0.25, 0.3) is 0 Å². The second kappa shape index (κ2) is 6.29. The van der Waals surface area contributed by atoms with Crippen LogP contribution in [-0.4, -0.2) is 21.1 Å². The molecule has 0 bridgehead atoms. The van der Waals surface area contributed by atoms with Crippen LogP contribution in [0.25, 0.3) is 11.4 Å². The fourth-order valence-corrected chi connectivity index (χ4v) is 3.65. The Morgan fingerprint density at radius 2 is 1.96 bits per heavy atom. The summed E-state index contributed by atoms with van der Waals surface area (Å²) in [7, 11) is 0. The molecule has 0 radical (unpaired) electrons. The third-order valence-corrected chi connectivity index (χ3v) is 4.84. The summed E-state index contributed by atoms with van der Waals surface area (Å²) in [4.78, 5) is 16.5. The van der Waals surface area contributed by atoms with Gasteiger partial charge in [-0.25, -0.2) is 4.98 Å². The molecule has 1 aromatic heterocycles. The van der Waals surface area contributed by atoms with Gasteiger partial charge in [-0.05, 0) is 48.9 Å². The van der Waals surface area contributed by atoms with Crippen molar-refractivity contribution in [3.8, 4) is 11.4 Å². The molecule has 2 aromatic rings. The molecule has 1 aromatic carbocycles. The number of anilines is 1. The van der Waals surface area contributed by atoms with E-state index in [-0.39, 0.29) is 24.2 Å². The zero-order valence-electron chi connectivity index (χ0n) is 12.7. The van der Waals surface area contributed by atoms with E-state index in [0.29, 0.717) is 30.0 Å². The lowest BCUT2D eigenvalue weighted by Gasteiger charge is -2.07. The summed E-state index contributed by atoms with van der Waals surface area (Å²) in [5.41, 5.74) is 7.24. The van der Waals surface area contributed by atoms with Crippen molar-refractivity contribution in [3.05, 3.63) is 30.1 Å². The molecule has 7 heteroatoms. The van der Waals surface area contributed by atoms with E-state index in [1.54, 1.807) is 0 Å². The minimum absolute atomic E-state index is 0. The van der Waals surface area contributed by atoms with Gasteiger partial charge in [-0.15, -0.1) is 12.4 Å². The Kier molecular flexibility index (Phi) is 4.37. The molecule has 2 aliphatic rings. The summed E-state index contributed by atoms with van der Waals surface area (Å²) in [6.45, 7) is 0.338. The highest BCUT2D eigenvalue weighted by Gasteiger charge is 2.56. The summed E-state index contributed by atoms with van der Waals surface area (Å²) in [5.74, 6) is 2.98. The largest absolute Gasteiger partial charge is 0.326 e. The molecule has 1 amide bonds. The van der Waals surface area contributed by atoms with Crippen molar-refractivity contribution in [1.82, 2.24) is 15.2 Å². The van der Waals surface area contributed by atoms with Gasteiger partial charge in [0.05, 0.1) is 6.54 Å². The Balaban J connectivity index is 0.00000156. The lowest BCUT2D eigenvalue weighted by molar-refractivity contribution is -0.118. The highest BCUT2D eigenvalue weighted by Crippen LogP contribution is 2.57. The predicted octanol–water partition coefficient (Wildman–Crippen LogP) is 2.34. The Hall–Kier alpha value is -1.92. The van der Waals surface area contributed by atoms with Gasteiger partial charge < -0.3 is 11.1 Å². The van der Waals surface area contributed by atoms with Gasteiger partial charge in [-0.1, -0.05) is 6.42 Å². The number of nitrogens with two attached hydrogens (primary N) is 1. The molecule has 0 aliphatic heterocycles. The molecule has 122 valence electrons. The second-order valence-electron chi connectivity index (χ2n) is 6.16. The van der Waals surface area contributed by atoms with Crippen LogP contribution in [0.2, 0.25) is 0 Å². The lowest BCUT2D eigenvalue weighted by atomic mass is 10.1. The third-order valence-electron chi connectivity index (χ3n) is 4.84. The van der Waals surface area contributed by atoms with Crippen molar-refractivity contribution < 1.29 is 4.79 Å². The van der Waals surface area contributed by atoms with Gasteiger partial charge in [-0.2, -0.15) is 5.10 Å². The summed E-state index contributed by atoms with van der Waals surface area (Å²) in [6, 6.07) is 7.60. The SMILES string of the molecule is Cl.NCc1nc(-c2ccc(NC(=O)C3C4CCCC43)cc2)n[nH]1. The Labute approximate surface area is 140 Å². The maximum Gasteiger partial charge on any atom is 0.228 e. The number of nitrogens with zero attached hydrogens (tertiary/aromatic N) is 2. The minimum Gasteiger partial charge on any atom is -0.326 e. The molecule has 0 spiro atoms. The van der Waals surface area contributed by atoms with E-state index in [4.69, 9.17) is 5.73 Å². The van der Waals surface area contributed by atoms with Crippen LogP contribution in [0.1, 0.15) is 25.1 Å². The van der Waals surface area contributed by atoms with E-state index >= 15 is 0 Å². The number of H-pyrrole nitrogens is 1. The number of rotatable bonds is 4. The van der Waals surface area contributed by atoms with E-state index in [1.165, 1.54) is 19.3 Å².